The third-order valence-electron chi connectivity index (χ3n) is 3.08. The zero-order valence-corrected chi connectivity index (χ0v) is 10.4. The molecule has 0 aliphatic heterocycles. The Bertz CT molecular complexity index is 576. The number of ether oxygens (including phenoxy) is 1. The van der Waals surface area contributed by atoms with Crippen molar-refractivity contribution in [2.45, 2.75) is 25.9 Å². The molecular formula is C15H16N2O. The van der Waals surface area contributed by atoms with Crippen LogP contribution in [0.2, 0.25) is 0 Å². The van der Waals surface area contributed by atoms with Gasteiger partial charge in [0.25, 0.3) is 0 Å². The van der Waals surface area contributed by atoms with Gasteiger partial charge in [0.05, 0.1) is 23.2 Å². The van der Waals surface area contributed by atoms with E-state index in [1.807, 2.05) is 43.3 Å². The monoisotopic (exact) mass is 240 g/mol. The molecule has 0 unspecified atom stereocenters. The molecular weight excluding hydrogens is 224 g/mol. The van der Waals surface area contributed by atoms with E-state index in [2.05, 4.69) is 4.98 Å². The van der Waals surface area contributed by atoms with E-state index in [1.165, 1.54) is 12.8 Å². The number of hydrogen-bond donors (Lipinski definition) is 1. The van der Waals surface area contributed by atoms with E-state index in [1.54, 1.807) is 0 Å². The lowest BCUT2D eigenvalue weighted by atomic mass is 10.1. The first-order valence-corrected chi connectivity index (χ1v) is 6.22. The van der Waals surface area contributed by atoms with Crippen molar-refractivity contribution >= 4 is 5.69 Å². The van der Waals surface area contributed by atoms with Crippen LogP contribution in [0.3, 0.4) is 0 Å². The average molecular weight is 240 g/mol. The summed E-state index contributed by atoms with van der Waals surface area (Å²) in [5, 5.41) is 0. The first-order chi connectivity index (χ1) is 8.72. The van der Waals surface area contributed by atoms with E-state index in [9.17, 15) is 0 Å². The number of anilines is 1. The number of pyridine rings is 1. The van der Waals surface area contributed by atoms with E-state index >= 15 is 0 Å². The number of aromatic nitrogens is 1. The van der Waals surface area contributed by atoms with Gasteiger partial charge in [-0.15, -0.1) is 0 Å². The predicted octanol–water partition coefficient (Wildman–Crippen LogP) is 3.18. The van der Waals surface area contributed by atoms with E-state index in [-0.39, 0.29) is 0 Å². The molecule has 1 aliphatic carbocycles. The van der Waals surface area contributed by atoms with Gasteiger partial charge in [-0.3, -0.25) is 4.98 Å². The van der Waals surface area contributed by atoms with E-state index in [4.69, 9.17) is 10.5 Å². The molecule has 2 N–H and O–H groups in total. The molecule has 92 valence electrons. The topological polar surface area (TPSA) is 48.1 Å². The Morgan fingerprint density at radius 1 is 1.22 bits per heavy atom. The molecule has 0 radical (unpaired) electrons. The van der Waals surface area contributed by atoms with Crippen molar-refractivity contribution in [3.63, 3.8) is 0 Å². The van der Waals surface area contributed by atoms with Crippen LogP contribution in [0.15, 0.2) is 36.4 Å². The molecule has 3 heteroatoms. The van der Waals surface area contributed by atoms with Crippen LogP contribution >= 0.6 is 0 Å². The van der Waals surface area contributed by atoms with E-state index in [0.717, 1.165) is 28.4 Å². The third kappa shape index (κ3) is 2.30. The van der Waals surface area contributed by atoms with Crippen LogP contribution in [0.1, 0.15) is 18.5 Å². The van der Waals surface area contributed by atoms with Crippen molar-refractivity contribution in [2.24, 2.45) is 0 Å². The molecule has 3 nitrogen and oxygen atoms in total. The minimum absolute atomic E-state index is 0.418. The highest BCUT2D eigenvalue weighted by Crippen LogP contribution is 2.29. The second-order valence-corrected chi connectivity index (χ2v) is 4.72. The van der Waals surface area contributed by atoms with Gasteiger partial charge in [-0.1, -0.05) is 12.1 Å². The normalized spacial score (nSPS) is 14.5. The number of nitrogen functional groups attached to an aromatic ring is 1. The Kier molecular flexibility index (Phi) is 2.67. The van der Waals surface area contributed by atoms with Gasteiger partial charge >= 0.3 is 0 Å². The summed E-state index contributed by atoms with van der Waals surface area (Å²) in [6.45, 7) is 1.92. The summed E-state index contributed by atoms with van der Waals surface area (Å²) in [5.41, 5.74) is 9.37. The van der Waals surface area contributed by atoms with Crippen LogP contribution in [-0.4, -0.2) is 11.1 Å². The van der Waals surface area contributed by atoms with Crippen molar-refractivity contribution in [3.8, 4) is 17.0 Å². The molecule has 0 spiro atoms. The molecule has 0 atom stereocenters. The van der Waals surface area contributed by atoms with Crippen molar-refractivity contribution < 1.29 is 4.74 Å². The SMILES string of the molecule is Cc1nc(-c2cccc(OC3CC3)c2)ccc1N. The molecule has 2 aromatic rings. The van der Waals surface area contributed by atoms with Crippen molar-refractivity contribution in [1.82, 2.24) is 4.98 Å². The maximum absolute atomic E-state index is 5.79. The molecule has 1 aromatic heterocycles. The zero-order chi connectivity index (χ0) is 12.5. The molecule has 1 saturated carbocycles. The number of nitrogens with two attached hydrogens (primary N) is 1. The van der Waals surface area contributed by atoms with Crippen LogP contribution in [0.5, 0.6) is 5.75 Å². The molecule has 0 saturated heterocycles. The maximum Gasteiger partial charge on any atom is 0.120 e. The molecule has 1 heterocycles. The minimum Gasteiger partial charge on any atom is -0.490 e. The van der Waals surface area contributed by atoms with Gasteiger partial charge in [-0.05, 0) is 44.0 Å². The first kappa shape index (κ1) is 11.1. The highest BCUT2D eigenvalue weighted by Gasteiger charge is 2.23. The molecule has 1 aliphatic rings. The lowest BCUT2D eigenvalue weighted by Crippen LogP contribution is -1.97. The lowest BCUT2D eigenvalue weighted by molar-refractivity contribution is 0.303. The molecule has 0 amide bonds. The third-order valence-corrected chi connectivity index (χ3v) is 3.08. The van der Waals surface area contributed by atoms with Gasteiger partial charge in [-0.25, -0.2) is 0 Å². The van der Waals surface area contributed by atoms with Gasteiger partial charge in [0.2, 0.25) is 0 Å². The second kappa shape index (κ2) is 4.33. The van der Waals surface area contributed by atoms with Gasteiger partial charge in [0.1, 0.15) is 5.75 Å². The van der Waals surface area contributed by atoms with E-state index in [0.29, 0.717) is 6.10 Å². The number of hydrogen-bond acceptors (Lipinski definition) is 3. The molecule has 0 bridgehead atoms. The van der Waals surface area contributed by atoms with Crippen molar-refractivity contribution in [3.05, 3.63) is 42.1 Å². The van der Waals surface area contributed by atoms with Crippen LogP contribution < -0.4 is 10.5 Å². The van der Waals surface area contributed by atoms with Crippen molar-refractivity contribution in [1.29, 1.82) is 0 Å². The fourth-order valence-electron chi connectivity index (χ4n) is 1.84. The molecule has 18 heavy (non-hydrogen) atoms. The Morgan fingerprint density at radius 2 is 2.06 bits per heavy atom. The smallest absolute Gasteiger partial charge is 0.120 e. The molecule has 1 fully saturated rings. The summed E-state index contributed by atoms with van der Waals surface area (Å²) in [5.74, 6) is 0.922. The molecule has 1 aromatic carbocycles. The maximum atomic E-state index is 5.79. The Morgan fingerprint density at radius 3 is 2.78 bits per heavy atom. The average Bonchev–Trinajstić information content (AvgIpc) is 3.17. The van der Waals surface area contributed by atoms with E-state index < -0.39 is 0 Å². The number of aryl methyl sites for hydroxylation is 1. The quantitative estimate of drug-likeness (QED) is 0.896. The second-order valence-electron chi connectivity index (χ2n) is 4.72. The Labute approximate surface area is 107 Å². The van der Waals surface area contributed by atoms with Gasteiger partial charge < -0.3 is 10.5 Å². The van der Waals surface area contributed by atoms with Crippen LogP contribution in [0, 0.1) is 6.92 Å². The van der Waals surface area contributed by atoms with Gasteiger partial charge in [-0.2, -0.15) is 0 Å². The zero-order valence-electron chi connectivity index (χ0n) is 10.4. The fraction of sp³-hybridized carbons (Fsp3) is 0.267. The Hall–Kier alpha value is -2.03. The van der Waals surface area contributed by atoms with Crippen LogP contribution in [0.25, 0.3) is 11.3 Å². The lowest BCUT2D eigenvalue weighted by Gasteiger charge is -2.08. The predicted molar refractivity (Wildman–Crippen MR) is 72.5 cm³/mol. The fourth-order valence-corrected chi connectivity index (χ4v) is 1.84. The highest BCUT2D eigenvalue weighted by atomic mass is 16.5. The first-order valence-electron chi connectivity index (χ1n) is 6.22. The summed E-state index contributed by atoms with van der Waals surface area (Å²) in [6.07, 6.45) is 2.76. The summed E-state index contributed by atoms with van der Waals surface area (Å²) >= 11 is 0. The summed E-state index contributed by atoms with van der Waals surface area (Å²) in [7, 11) is 0. The number of benzene rings is 1. The Balaban J connectivity index is 1.92. The number of rotatable bonds is 3. The van der Waals surface area contributed by atoms with Crippen LogP contribution in [-0.2, 0) is 0 Å². The standard InChI is InChI=1S/C15H16N2O/c1-10-14(16)7-8-15(17-10)11-3-2-4-13(9-11)18-12-5-6-12/h2-4,7-9,12H,5-6,16H2,1H3. The molecule has 3 rings (SSSR count). The summed E-state index contributed by atoms with van der Waals surface area (Å²) < 4.78 is 5.79. The van der Waals surface area contributed by atoms with Crippen LogP contribution in [0.4, 0.5) is 5.69 Å². The van der Waals surface area contributed by atoms with Crippen molar-refractivity contribution in [2.75, 3.05) is 5.73 Å². The highest BCUT2D eigenvalue weighted by molar-refractivity contribution is 5.63. The largest absolute Gasteiger partial charge is 0.490 e. The minimum atomic E-state index is 0.418. The van der Waals surface area contributed by atoms with Gasteiger partial charge in [0, 0.05) is 5.56 Å². The summed E-state index contributed by atoms with van der Waals surface area (Å²) in [6, 6.07) is 11.9. The van der Waals surface area contributed by atoms with Gasteiger partial charge in [0.15, 0.2) is 0 Å². The summed E-state index contributed by atoms with van der Waals surface area (Å²) in [4.78, 5) is 4.50. The number of nitrogens with zero attached hydrogens (tertiary/aromatic N) is 1.